The summed E-state index contributed by atoms with van der Waals surface area (Å²) in [6, 6.07) is 21.2. The Morgan fingerprint density at radius 1 is 1.04 bits per heavy atom. The Labute approximate surface area is 171 Å². The summed E-state index contributed by atoms with van der Waals surface area (Å²) in [5, 5.41) is 8.71. The van der Waals surface area contributed by atoms with Gasteiger partial charge >= 0.3 is 0 Å². The molecule has 0 fully saturated rings. The van der Waals surface area contributed by atoms with E-state index in [1.54, 1.807) is 36.4 Å². The molecule has 28 heavy (non-hydrogen) atoms. The van der Waals surface area contributed by atoms with Gasteiger partial charge in [-0.25, -0.2) is 4.39 Å². The molecule has 3 rings (SSSR count). The van der Waals surface area contributed by atoms with E-state index in [4.69, 9.17) is 22.1 Å². The van der Waals surface area contributed by atoms with Crippen molar-refractivity contribution in [1.29, 1.82) is 0 Å². The molecule has 0 unspecified atom stereocenters. The highest BCUT2D eigenvalue weighted by Gasteiger charge is 2.09. The lowest BCUT2D eigenvalue weighted by Gasteiger charge is -2.09. The molecule has 4 nitrogen and oxygen atoms in total. The van der Waals surface area contributed by atoms with Gasteiger partial charge in [0.2, 0.25) is 0 Å². The van der Waals surface area contributed by atoms with Crippen LogP contribution in [0.3, 0.4) is 0 Å². The van der Waals surface area contributed by atoms with Crippen LogP contribution < -0.4 is 10.5 Å². The van der Waals surface area contributed by atoms with Gasteiger partial charge in [-0.05, 0) is 42.0 Å². The van der Waals surface area contributed by atoms with Gasteiger partial charge in [0.1, 0.15) is 17.3 Å². The Kier molecular flexibility index (Phi) is 7.06. The number of nitrogens with zero attached hydrogens (tertiary/aromatic N) is 2. The number of ether oxygens (including phenoxy) is 1. The molecule has 0 aliphatic rings. The van der Waals surface area contributed by atoms with Crippen molar-refractivity contribution < 1.29 is 9.13 Å². The molecule has 0 amide bonds. The molecule has 3 aromatic carbocycles. The zero-order valence-electron chi connectivity index (χ0n) is 14.8. The smallest absolute Gasteiger partial charge is 0.180 e. The highest BCUT2D eigenvalue weighted by Crippen LogP contribution is 2.27. The van der Waals surface area contributed by atoms with Crippen LogP contribution in [0.4, 0.5) is 4.39 Å². The number of thioether (sulfide) groups is 1. The predicted octanol–water partition coefficient (Wildman–Crippen LogP) is 5.85. The number of amidine groups is 1. The van der Waals surface area contributed by atoms with E-state index in [1.807, 2.05) is 30.3 Å². The van der Waals surface area contributed by atoms with Crippen molar-refractivity contribution in [3.05, 3.63) is 94.8 Å². The van der Waals surface area contributed by atoms with E-state index >= 15 is 0 Å². The van der Waals surface area contributed by atoms with Crippen LogP contribution in [0.5, 0.6) is 11.5 Å². The van der Waals surface area contributed by atoms with Crippen molar-refractivity contribution >= 4 is 34.7 Å². The minimum atomic E-state index is -0.471. The Hall–Kier alpha value is -2.83. The van der Waals surface area contributed by atoms with Crippen molar-refractivity contribution in [2.24, 2.45) is 15.9 Å². The van der Waals surface area contributed by atoms with E-state index in [0.29, 0.717) is 22.3 Å². The maximum absolute atomic E-state index is 14.2. The van der Waals surface area contributed by atoms with E-state index in [2.05, 4.69) is 10.2 Å². The van der Waals surface area contributed by atoms with Crippen molar-refractivity contribution in [2.75, 3.05) is 0 Å². The highest BCUT2D eigenvalue weighted by molar-refractivity contribution is 8.13. The molecule has 0 saturated carbocycles. The standard InChI is InChI=1S/C21H17ClFN3OS/c22-16-9-11-17(12-10-16)27-20-8-4-7-19(23)18(20)13-25-26-21(24)28-14-15-5-2-1-3-6-15/h1-13H,14H2,(H2,24,26). The van der Waals surface area contributed by atoms with E-state index in [-0.39, 0.29) is 10.7 Å². The second-order valence-electron chi connectivity index (χ2n) is 5.66. The van der Waals surface area contributed by atoms with Crippen LogP contribution in [0.15, 0.2) is 83.0 Å². The first-order chi connectivity index (χ1) is 13.6. The number of hydrogen-bond acceptors (Lipinski definition) is 4. The maximum Gasteiger partial charge on any atom is 0.180 e. The molecule has 0 aliphatic carbocycles. The van der Waals surface area contributed by atoms with Crippen LogP contribution in [0.1, 0.15) is 11.1 Å². The minimum absolute atomic E-state index is 0.182. The molecule has 0 aromatic heterocycles. The molecular formula is C21H17ClFN3OS. The zero-order valence-corrected chi connectivity index (χ0v) is 16.3. The summed E-state index contributed by atoms with van der Waals surface area (Å²) in [7, 11) is 0. The molecule has 3 aromatic rings. The minimum Gasteiger partial charge on any atom is -0.457 e. The van der Waals surface area contributed by atoms with Crippen molar-refractivity contribution in [3.63, 3.8) is 0 Å². The molecule has 7 heteroatoms. The fraction of sp³-hybridized carbons (Fsp3) is 0.0476. The second kappa shape index (κ2) is 9.92. The molecule has 2 N–H and O–H groups in total. The molecule has 142 valence electrons. The number of rotatable bonds is 6. The second-order valence-corrected chi connectivity index (χ2v) is 7.10. The fourth-order valence-electron chi connectivity index (χ4n) is 2.27. The Morgan fingerprint density at radius 2 is 1.79 bits per heavy atom. The summed E-state index contributed by atoms with van der Waals surface area (Å²) in [5.74, 6) is 1.06. The van der Waals surface area contributed by atoms with Crippen molar-refractivity contribution in [3.8, 4) is 11.5 Å². The van der Waals surface area contributed by atoms with Crippen LogP contribution in [-0.4, -0.2) is 11.4 Å². The third kappa shape index (κ3) is 5.84. The van der Waals surface area contributed by atoms with Crippen molar-refractivity contribution in [2.45, 2.75) is 5.75 Å². The Bertz CT molecular complexity index is 979. The summed E-state index contributed by atoms with van der Waals surface area (Å²) in [6.45, 7) is 0. The van der Waals surface area contributed by atoms with Gasteiger partial charge in [0.25, 0.3) is 0 Å². The normalized spacial score (nSPS) is 11.7. The SMILES string of the molecule is NC(=NN=Cc1c(F)cccc1Oc1ccc(Cl)cc1)SCc1ccccc1. The monoisotopic (exact) mass is 413 g/mol. The number of halogens is 2. The van der Waals surface area contributed by atoms with E-state index in [9.17, 15) is 4.39 Å². The zero-order chi connectivity index (χ0) is 19.8. The van der Waals surface area contributed by atoms with Crippen LogP contribution in [0.2, 0.25) is 5.02 Å². The van der Waals surface area contributed by atoms with Gasteiger partial charge in [0.15, 0.2) is 5.17 Å². The molecule has 0 atom stereocenters. The first-order valence-electron chi connectivity index (χ1n) is 8.37. The van der Waals surface area contributed by atoms with Gasteiger partial charge < -0.3 is 10.5 Å². The third-order valence-corrected chi connectivity index (χ3v) is 4.73. The quantitative estimate of drug-likeness (QED) is 0.313. The van der Waals surface area contributed by atoms with E-state index in [0.717, 1.165) is 5.56 Å². The van der Waals surface area contributed by atoms with E-state index < -0.39 is 5.82 Å². The third-order valence-electron chi connectivity index (χ3n) is 3.63. The lowest BCUT2D eigenvalue weighted by atomic mass is 10.2. The van der Waals surface area contributed by atoms with Gasteiger partial charge in [-0.1, -0.05) is 59.8 Å². The summed E-state index contributed by atoms with van der Waals surface area (Å²) < 4.78 is 20.0. The average Bonchev–Trinajstić information content (AvgIpc) is 2.71. The Balaban J connectivity index is 1.69. The molecule has 0 spiro atoms. The Morgan fingerprint density at radius 3 is 2.54 bits per heavy atom. The fourth-order valence-corrected chi connectivity index (χ4v) is 3.00. The van der Waals surface area contributed by atoms with Crippen LogP contribution in [0.25, 0.3) is 0 Å². The molecule has 0 heterocycles. The topological polar surface area (TPSA) is 60.0 Å². The van der Waals surface area contributed by atoms with Gasteiger partial charge in [-0.2, -0.15) is 5.10 Å². The average molecular weight is 414 g/mol. The summed E-state index contributed by atoms with van der Waals surface area (Å²) >= 11 is 7.22. The molecule has 0 aliphatic heterocycles. The van der Waals surface area contributed by atoms with Gasteiger partial charge in [0.05, 0.1) is 11.8 Å². The van der Waals surface area contributed by atoms with Gasteiger partial charge in [0, 0.05) is 10.8 Å². The van der Waals surface area contributed by atoms with E-state index in [1.165, 1.54) is 24.0 Å². The summed E-state index contributed by atoms with van der Waals surface area (Å²) in [6.07, 6.45) is 1.29. The summed E-state index contributed by atoms with van der Waals surface area (Å²) in [4.78, 5) is 0. The molecule has 0 bridgehead atoms. The predicted molar refractivity (Wildman–Crippen MR) is 115 cm³/mol. The van der Waals surface area contributed by atoms with Crippen molar-refractivity contribution in [1.82, 2.24) is 0 Å². The highest BCUT2D eigenvalue weighted by atomic mass is 35.5. The summed E-state index contributed by atoms with van der Waals surface area (Å²) in [5.41, 5.74) is 7.17. The first-order valence-corrected chi connectivity index (χ1v) is 9.73. The molecule has 0 radical (unpaired) electrons. The first kappa shape index (κ1) is 19.9. The maximum atomic E-state index is 14.2. The van der Waals surface area contributed by atoms with Crippen LogP contribution in [-0.2, 0) is 5.75 Å². The number of benzene rings is 3. The molecule has 0 saturated heterocycles. The largest absolute Gasteiger partial charge is 0.457 e. The number of nitrogens with two attached hydrogens (primary N) is 1. The van der Waals surface area contributed by atoms with Gasteiger partial charge in [-0.3, -0.25) is 0 Å². The van der Waals surface area contributed by atoms with Crippen LogP contribution >= 0.6 is 23.4 Å². The number of hydrogen-bond donors (Lipinski definition) is 1. The lowest BCUT2D eigenvalue weighted by molar-refractivity contribution is 0.475. The van der Waals surface area contributed by atoms with Gasteiger partial charge in [-0.15, -0.1) is 5.10 Å². The van der Waals surface area contributed by atoms with Crippen LogP contribution in [0, 0.1) is 5.82 Å². The lowest BCUT2D eigenvalue weighted by Crippen LogP contribution is -2.06. The molecular weight excluding hydrogens is 397 g/mol.